The molecule has 57 heavy (non-hydrogen) atoms. The minimum atomic E-state index is -4.41. The predicted octanol–water partition coefficient (Wildman–Crippen LogP) is 13.8. The smallest absolute Gasteiger partial charge is 0.463 e. The summed E-state index contributed by atoms with van der Waals surface area (Å²) in [6.45, 7) is 3.60. The number of unbranched alkanes of at least 4 members (excludes halogenated alkanes) is 31. The van der Waals surface area contributed by atoms with Gasteiger partial charge in [-0.05, 0) is 38.5 Å². The van der Waals surface area contributed by atoms with Crippen molar-refractivity contribution >= 4 is 19.7 Å². The van der Waals surface area contributed by atoms with E-state index in [-0.39, 0.29) is 32.1 Å². The van der Waals surface area contributed by atoms with E-state index >= 15 is 0 Å². The Morgan fingerprint density at radius 3 is 1.32 bits per heavy atom. The largest absolute Gasteiger partial charge is 0.472 e. The molecule has 0 aliphatic carbocycles. The first-order valence-electron chi connectivity index (χ1n) is 24.2. The third-order valence-corrected chi connectivity index (χ3v) is 11.7. The highest BCUT2D eigenvalue weighted by atomic mass is 31.2. The lowest BCUT2D eigenvalue weighted by atomic mass is 10.0. The second-order valence-electron chi connectivity index (χ2n) is 16.4. The van der Waals surface area contributed by atoms with Crippen molar-refractivity contribution in [3.05, 3.63) is 12.2 Å². The molecule has 0 radical (unpaired) electrons. The van der Waals surface area contributed by atoms with Gasteiger partial charge in [0, 0.05) is 19.4 Å². The van der Waals surface area contributed by atoms with Gasteiger partial charge in [0.25, 0.3) is 0 Å². The topological polar surface area (TPSA) is 131 Å². The molecule has 338 valence electrons. The number of nitrogens with one attached hydrogen (secondary N) is 1. The number of hydrogen-bond donors (Lipinski definition) is 3. The molecule has 0 spiro atoms. The number of phosphoric acid groups is 1. The zero-order valence-corrected chi connectivity index (χ0v) is 38.2. The third kappa shape index (κ3) is 45.7. The Morgan fingerprint density at radius 1 is 0.526 bits per heavy atom. The molecular formula is C47H92NO8P. The van der Waals surface area contributed by atoms with Crippen molar-refractivity contribution in [2.24, 2.45) is 0 Å². The number of carbonyl (C=O) groups excluding carboxylic acids is 2. The van der Waals surface area contributed by atoms with Crippen LogP contribution in [0.5, 0.6) is 0 Å². The molecule has 0 rings (SSSR count). The maximum Gasteiger partial charge on any atom is 0.472 e. The molecule has 1 amide bonds. The monoisotopic (exact) mass is 830 g/mol. The summed E-state index contributed by atoms with van der Waals surface area (Å²) in [4.78, 5) is 34.0. The number of allylic oxidation sites excluding steroid dienone is 2. The molecule has 0 aromatic rings. The molecule has 2 atom stereocenters. The van der Waals surface area contributed by atoms with Crippen molar-refractivity contribution in [3.63, 3.8) is 0 Å². The molecule has 3 N–H and O–H groups in total. The average molecular weight is 830 g/mol. The third-order valence-electron chi connectivity index (χ3n) is 10.7. The van der Waals surface area contributed by atoms with Crippen LogP contribution in [0.25, 0.3) is 0 Å². The molecule has 0 heterocycles. The second kappa shape index (κ2) is 44.3. The molecule has 0 aliphatic rings. The van der Waals surface area contributed by atoms with Gasteiger partial charge in [-0.25, -0.2) is 4.57 Å². The van der Waals surface area contributed by atoms with Gasteiger partial charge in [-0.2, -0.15) is 0 Å². The quantitative estimate of drug-likeness (QED) is 0.0239. The van der Waals surface area contributed by atoms with Crippen molar-refractivity contribution in [3.8, 4) is 0 Å². The normalized spacial score (nSPS) is 13.3. The molecule has 9 nitrogen and oxygen atoms in total. The van der Waals surface area contributed by atoms with Crippen LogP contribution in [0.2, 0.25) is 0 Å². The Hall–Kier alpha value is -1.25. The lowest BCUT2D eigenvalue weighted by molar-refractivity contribution is -0.147. The molecule has 0 aliphatic heterocycles. The van der Waals surface area contributed by atoms with Crippen LogP contribution in [-0.2, 0) is 27.9 Å². The number of rotatable bonds is 46. The minimum absolute atomic E-state index is 0.0867. The van der Waals surface area contributed by atoms with Crippen molar-refractivity contribution in [1.82, 2.24) is 5.32 Å². The Morgan fingerprint density at radius 2 is 0.895 bits per heavy atom. The van der Waals surface area contributed by atoms with Gasteiger partial charge in [-0.15, -0.1) is 0 Å². The molecular weight excluding hydrogens is 737 g/mol. The highest BCUT2D eigenvalue weighted by molar-refractivity contribution is 7.47. The average Bonchev–Trinajstić information content (AvgIpc) is 3.20. The number of carbonyl (C=O) groups is 2. The summed E-state index contributed by atoms with van der Waals surface area (Å²) in [5.41, 5.74) is 0. The van der Waals surface area contributed by atoms with E-state index in [9.17, 15) is 24.2 Å². The molecule has 0 aromatic carbocycles. The van der Waals surface area contributed by atoms with E-state index in [1.54, 1.807) is 0 Å². The molecule has 0 saturated heterocycles. The second-order valence-corrected chi connectivity index (χ2v) is 17.9. The van der Waals surface area contributed by atoms with Crippen molar-refractivity contribution in [2.45, 2.75) is 251 Å². The summed E-state index contributed by atoms with van der Waals surface area (Å²) in [5, 5.41) is 12.7. The van der Waals surface area contributed by atoms with Crippen LogP contribution in [0.4, 0.5) is 0 Å². The number of aliphatic hydroxyl groups excluding tert-OH is 1. The number of aliphatic hydroxyl groups is 1. The van der Waals surface area contributed by atoms with Crippen molar-refractivity contribution in [2.75, 3.05) is 26.4 Å². The molecule has 0 fully saturated rings. The zero-order chi connectivity index (χ0) is 41.8. The summed E-state index contributed by atoms with van der Waals surface area (Å²) < 4.78 is 26.9. The van der Waals surface area contributed by atoms with Crippen LogP contribution >= 0.6 is 7.82 Å². The van der Waals surface area contributed by atoms with Crippen molar-refractivity contribution < 1.29 is 37.9 Å². The SMILES string of the molecule is CCCCCCCC/C=C/CCCCCCCCCCCC(=O)OCC(O)COP(=O)(O)OCCNC(=O)CCCCCCCCCCCCCCCCCCC. The number of hydrogen-bond acceptors (Lipinski definition) is 7. The van der Waals surface area contributed by atoms with Crippen LogP contribution in [0, 0.1) is 0 Å². The minimum Gasteiger partial charge on any atom is -0.463 e. The number of phosphoric ester groups is 1. The molecule has 2 unspecified atom stereocenters. The van der Waals surface area contributed by atoms with E-state index in [2.05, 4.69) is 31.3 Å². The maximum absolute atomic E-state index is 12.1. The van der Waals surface area contributed by atoms with E-state index in [0.717, 1.165) is 38.5 Å². The van der Waals surface area contributed by atoms with Gasteiger partial charge in [-0.3, -0.25) is 18.6 Å². The van der Waals surface area contributed by atoms with Crippen molar-refractivity contribution in [1.29, 1.82) is 0 Å². The highest BCUT2D eigenvalue weighted by Gasteiger charge is 2.23. The van der Waals surface area contributed by atoms with E-state index in [1.165, 1.54) is 180 Å². The van der Waals surface area contributed by atoms with Gasteiger partial charge >= 0.3 is 13.8 Å². The van der Waals surface area contributed by atoms with Gasteiger partial charge in [-0.1, -0.05) is 206 Å². The predicted molar refractivity (Wildman–Crippen MR) is 238 cm³/mol. The lowest BCUT2D eigenvalue weighted by Gasteiger charge is -2.15. The lowest BCUT2D eigenvalue weighted by Crippen LogP contribution is -2.27. The number of ether oxygens (including phenoxy) is 1. The molecule has 0 bridgehead atoms. The molecule has 0 saturated carbocycles. The van der Waals surface area contributed by atoms with Crippen LogP contribution < -0.4 is 5.32 Å². The van der Waals surface area contributed by atoms with Gasteiger partial charge in [0.1, 0.15) is 12.7 Å². The highest BCUT2D eigenvalue weighted by Crippen LogP contribution is 2.42. The standard InChI is InChI=1S/C47H92NO8P/c1-3-5-7-9-11-13-15-17-19-21-22-24-26-28-30-32-34-36-38-40-47(51)54-43-45(49)44-56-57(52,53)55-42-41-48-46(50)39-37-35-33-31-29-27-25-23-20-18-16-14-12-10-8-6-4-2/h17,19,45,49H,3-16,18,20-44H2,1-2H3,(H,48,50)(H,52,53)/b19-17+. The first-order chi connectivity index (χ1) is 27.8. The summed E-state index contributed by atoms with van der Waals surface area (Å²) >= 11 is 0. The summed E-state index contributed by atoms with van der Waals surface area (Å²) in [5.74, 6) is -0.507. The number of amides is 1. The zero-order valence-electron chi connectivity index (χ0n) is 37.3. The Labute approximate surface area is 351 Å². The van der Waals surface area contributed by atoms with E-state index in [4.69, 9.17) is 13.8 Å². The van der Waals surface area contributed by atoms with E-state index < -0.39 is 26.5 Å². The first kappa shape index (κ1) is 55.8. The fourth-order valence-electron chi connectivity index (χ4n) is 7.02. The summed E-state index contributed by atoms with van der Waals surface area (Å²) in [6.07, 6.45) is 47.1. The summed E-state index contributed by atoms with van der Waals surface area (Å²) in [6, 6.07) is 0. The van der Waals surface area contributed by atoms with Gasteiger partial charge in [0.2, 0.25) is 5.91 Å². The molecule has 10 heteroatoms. The fourth-order valence-corrected chi connectivity index (χ4v) is 7.78. The van der Waals surface area contributed by atoms with Gasteiger partial charge in [0.05, 0.1) is 13.2 Å². The van der Waals surface area contributed by atoms with E-state index in [1.807, 2.05) is 0 Å². The Balaban J connectivity index is 3.54. The van der Waals surface area contributed by atoms with Gasteiger partial charge in [0.15, 0.2) is 0 Å². The van der Waals surface area contributed by atoms with Gasteiger partial charge < -0.3 is 20.1 Å². The Bertz CT molecular complexity index is 948. The van der Waals surface area contributed by atoms with Crippen LogP contribution in [0.3, 0.4) is 0 Å². The van der Waals surface area contributed by atoms with Crippen LogP contribution in [-0.4, -0.2) is 54.3 Å². The van der Waals surface area contributed by atoms with E-state index in [0.29, 0.717) is 6.42 Å². The Kier molecular flexibility index (Phi) is 43.3. The fraction of sp³-hybridized carbons (Fsp3) is 0.915. The van der Waals surface area contributed by atoms with Crippen LogP contribution in [0.1, 0.15) is 245 Å². The number of esters is 1. The summed E-state index contributed by atoms with van der Waals surface area (Å²) in [7, 11) is -4.41. The first-order valence-corrected chi connectivity index (χ1v) is 25.7. The van der Waals surface area contributed by atoms with Crippen LogP contribution in [0.15, 0.2) is 12.2 Å². The maximum atomic E-state index is 12.1. The molecule has 0 aromatic heterocycles.